The molecule has 1 aliphatic heterocycles. The molecule has 1 aromatic carbocycles. The predicted molar refractivity (Wildman–Crippen MR) is 92.2 cm³/mol. The third kappa shape index (κ3) is 4.08. The van der Waals surface area contributed by atoms with Crippen molar-refractivity contribution in [2.24, 2.45) is 0 Å². The highest BCUT2D eigenvalue weighted by Gasteiger charge is 2.27. The number of aromatic amines is 1. The van der Waals surface area contributed by atoms with Crippen molar-refractivity contribution in [1.82, 2.24) is 25.4 Å². The minimum atomic E-state index is -0.120. The summed E-state index contributed by atoms with van der Waals surface area (Å²) in [6.45, 7) is 5.37. The van der Waals surface area contributed by atoms with Crippen LogP contribution in [0, 0.1) is 0 Å². The van der Waals surface area contributed by atoms with Gasteiger partial charge in [-0.15, -0.1) is 0 Å². The van der Waals surface area contributed by atoms with Gasteiger partial charge in [0.2, 0.25) is 0 Å². The van der Waals surface area contributed by atoms with Crippen LogP contribution in [0.4, 0.5) is 4.79 Å². The Labute approximate surface area is 146 Å². The van der Waals surface area contributed by atoms with Crippen LogP contribution in [0.1, 0.15) is 19.7 Å². The second-order valence-electron chi connectivity index (χ2n) is 6.14. The minimum absolute atomic E-state index is 0.0499. The standard InChI is InChI=1S/C17H23N5O3/c1-11-10-25-12(2)9-22(11)17(23)18-8-15-19-16(21-20-15)13-4-6-14(24-3)7-5-13/h4-7,11-12H,8-10H2,1-3H3,(H,18,23)(H,19,20,21)/t11-,12+/m0/s1. The molecule has 1 saturated heterocycles. The van der Waals surface area contributed by atoms with E-state index in [0.29, 0.717) is 31.3 Å². The number of benzene rings is 1. The summed E-state index contributed by atoms with van der Waals surface area (Å²) >= 11 is 0. The van der Waals surface area contributed by atoms with Crippen molar-refractivity contribution in [3.05, 3.63) is 30.1 Å². The van der Waals surface area contributed by atoms with Crippen LogP contribution in [-0.4, -0.2) is 58.5 Å². The van der Waals surface area contributed by atoms with Crippen molar-refractivity contribution in [1.29, 1.82) is 0 Å². The number of rotatable bonds is 4. The monoisotopic (exact) mass is 345 g/mol. The zero-order valence-corrected chi connectivity index (χ0v) is 14.7. The number of ether oxygens (including phenoxy) is 2. The first kappa shape index (κ1) is 17.2. The molecule has 25 heavy (non-hydrogen) atoms. The maximum absolute atomic E-state index is 12.4. The number of methoxy groups -OCH3 is 1. The van der Waals surface area contributed by atoms with Gasteiger partial charge < -0.3 is 19.7 Å². The Morgan fingerprint density at radius 2 is 2.16 bits per heavy atom. The second-order valence-corrected chi connectivity index (χ2v) is 6.14. The van der Waals surface area contributed by atoms with E-state index in [1.54, 1.807) is 12.0 Å². The van der Waals surface area contributed by atoms with Gasteiger partial charge in [0.1, 0.15) is 11.6 Å². The SMILES string of the molecule is COc1ccc(-c2n[nH]c(CNC(=O)N3C[C@@H](C)OC[C@@H]3C)n2)cc1. The van der Waals surface area contributed by atoms with Gasteiger partial charge in [0, 0.05) is 12.1 Å². The fourth-order valence-corrected chi connectivity index (χ4v) is 2.69. The lowest BCUT2D eigenvalue weighted by atomic mass is 10.2. The molecule has 0 saturated carbocycles. The van der Waals surface area contributed by atoms with Gasteiger partial charge in [-0.1, -0.05) is 0 Å². The van der Waals surface area contributed by atoms with Gasteiger partial charge in [0.15, 0.2) is 5.82 Å². The van der Waals surface area contributed by atoms with E-state index in [-0.39, 0.29) is 18.2 Å². The van der Waals surface area contributed by atoms with Crippen LogP contribution in [0.2, 0.25) is 0 Å². The number of nitrogens with zero attached hydrogens (tertiary/aromatic N) is 3. The Kier molecular flexibility index (Phi) is 5.18. The summed E-state index contributed by atoms with van der Waals surface area (Å²) in [5, 5.41) is 9.94. The lowest BCUT2D eigenvalue weighted by Gasteiger charge is -2.36. The molecule has 0 bridgehead atoms. The van der Waals surface area contributed by atoms with Crippen LogP contribution in [0.15, 0.2) is 24.3 Å². The highest BCUT2D eigenvalue weighted by Crippen LogP contribution is 2.19. The van der Waals surface area contributed by atoms with E-state index in [1.807, 2.05) is 38.1 Å². The number of urea groups is 1. The summed E-state index contributed by atoms with van der Waals surface area (Å²) in [5.74, 6) is 1.97. The first-order valence-electron chi connectivity index (χ1n) is 8.28. The number of morpholine rings is 1. The molecule has 2 heterocycles. The van der Waals surface area contributed by atoms with Gasteiger partial charge in [0.25, 0.3) is 0 Å². The molecule has 134 valence electrons. The van der Waals surface area contributed by atoms with Crippen LogP contribution in [0.25, 0.3) is 11.4 Å². The van der Waals surface area contributed by atoms with Gasteiger partial charge in [-0.3, -0.25) is 5.10 Å². The fraction of sp³-hybridized carbons (Fsp3) is 0.471. The molecule has 1 fully saturated rings. The summed E-state index contributed by atoms with van der Waals surface area (Å²) in [7, 11) is 1.62. The number of nitrogens with one attached hydrogen (secondary N) is 2. The van der Waals surface area contributed by atoms with Crippen molar-refractivity contribution < 1.29 is 14.3 Å². The van der Waals surface area contributed by atoms with E-state index in [2.05, 4.69) is 20.5 Å². The summed E-state index contributed by atoms with van der Waals surface area (Å²) in [6.07, 6.45) is 0.0499. The molecule has 2 aromatic rings. The molecule has 2 N–H and O–H groups in total. The number of amides is 2. The largest absolute Gasteiger partial charge is 0.497 e. The predicted octanol–water partition coefficient (Wildman–Crippen LogP) is 1.80. The average Bonchev–Trinajstić information content (AvgIpc) is 3.11. The van der Waals surface area contributed by atoms with Crippen molar-refractivity contribution in [3.63, 3.8) is 0 Å². The molecule has 8 heteroatoms. The van der Waals surface area contributed by atoms with Crippen molar-refractivity contribution in [2.75, 3.05) is 20.3 Å². The maximum atomic E-state index is 12.4. The summed E-state index contributed by atoms with van der Waals surface area (Å²) in [4.78, 5) is 18.6. The van der Waals surface area contributed by atoms with Crippen LogP contribution in [-0.2, 0) is 11.3 Å². The van der Waals surface area contributed by atoms with E-state index in [4.69, 9.17) is 9.47 Å². The first-order chi connectivity index (χ1) is 12.1. The quantitative estimate of drug-likeness (QED) is 0.881. The van der Waals surface area contributed by atoms with E-state index in [1.165, 1.54) is 0 Å². The van der Waals surface area contributed by atoms with Gasteiger partial charge in [-0.25, -0.2) is 9.78 Å². The van der Waals surface area contributed by atoms with E-state index >= 15 is 0 Å². The normalized spacial score (nSPS) is 20.4. The lowest BCUT2D eigenvalue weighted by Crippen LogP contribution is -2.53. The van der Waals surface area contributed by atoms with E-state index < -0.39 is 0 Å². The van der Waals surface area contributed by atoms with Crippen LogP contribution >= 0.6 is 0 Å². The van der Waals surface area contributed by atoms with Crippen LogP contribution < -0.4 is 10.1 Å². The highest BCUT2D eigenvalue weighted by atomic mass is 16.5. The number of carbonyl (C=O) groups is 1. The van der Waals surface area contributed by atoms with Crippen LogP contribution in [0.3, 0.4) is 0 Å². The second kappa shape index (κ2) is 7.52. The Bertz CT molecular complexity index is 715. The maximum Gasteiger partial charge on any atom is 0.318 e. The van der Waals surface area contributed by atoms with Crippen molar-refractivity contribution >= 4 is 6.03 Å². The molecule has 3 rings (SSSR count). The topological polar surface area (TPSA) is 92.4 Å². The molecule has 1 aliphatic rings. The number of carbonyl (C=O) groups excluding carboxylic acids is 1. The molecule has 2 atom stereocenters. The fourth-order valence-electron chi connectivity index (χ4n) is 2.69. The van der Waals surface area contributed by atoms with E-state index in [9.17, 15) is 4.79 Å². The molecule has 0 unspecified atom stereocenters. The molecular weight excluding hydrogens is 322 g/mol. The number of H-pyrrole nitrogens is 1. The molecule has 0 radical (unpaired) electrons. The summed E-state index contributed by atoms with van der Waals surface area (Å²) < 4.78 is 10.7. The highest BCUT2D eigenvalue weighted by molar-refractivity contribution is 5.74. The van der Waals surface area contributed by atoms with Gasteiger partial charge in [0.05, 0.1) is 32.4 Å². The number of aromatic nitrogens is 3. The van der Waals surface area contributed by atoms with Crippen molar-refractivity contribution in [3.8, 4) is 17.1 Å². The van der Waals surface area contributed by atoms with Gasteiger partial charge in [-0.05, 0) is 38.1 Å². The summed E-state index contributed by atoms with van der Waals surface area (Å²) in [5.41, 5.74) is 0.880. The molecule has 0 spiro atoms. The first-order valence-corrected chi connectivity index (χ1v) is 8.28. The average molecular weight is 345 g/mol. The molecule has 2 amide bonds. The van der Waals surface area contributed by atoms with Crippen molar-refractivity contribution in [2.45, 2.75) is 32.5 Å². The zero-order chi connectivity index (χ0) is 17.8. The third-order valence-electron chi connectivity index (χ3n) is 4.16. The Balaban J connectivity index is 1.58. The Hall–Kier alpha value is -2.61. The molecular formula is C17H23N5O3. The molecule has 0 aliphatic carbocycles. The number of hydrogen-bond acceptors (Lipinski definition) is 5. The minimum Gasteiger partial charge on any atom is -0.497 e. The third-order valence-corrected chi connectivity index (χ3v) is 4.16. The van der Waals surface area contributed by atoms with Crippen LogP contribution in [0.5, 0.6) is 5.75 Å². The Morgan fingerprint density at radius 3 is 2.88 bits per heavy atom. The lowest BCUT2D eigenvalue weighted by molar-refractivity contribution is -0.0318. The smallest absolute Gasteiger partial charge is 0.318 e. The number of hydrogen-bond donors (Lipinski definition) is 2. The zero-order valence-electron chi connectivity index (χ0n) is 14.7. The summed E-state index contributed by atoms with van der Waals surface area (Å²) in [6, 6.07) is 7.43. The molecule has 8 nitrogen and oxygen atoms in total. The van der Waals surface area contributed by atoms with Gasteiger partial charge in [-0.2, -0.15) is 5.10 Å². The van der Waals surface area contributed by atoms with E-state index in [0.717, 1.165) is 11.3 Å². The molecule has 1 aromatic heterocycles. The van der Waals surface area contributed by atoms with Gasteiger partial charge >= 0.3 is 6.03 Å². The Morgan fingerprint density at radius 1 is 1.40 bits per heavy atom.